The Kier molecular flexibility index (Phi) is 1.06. The Morgan fingerprint density at radius 3 is 2.70 bits per heavy atom. The lowest BCUT2D eigenvalue weighted by molar-refractivity contribution is -0.120. The number of carbonyl (C=O) groups is 1. The van der Waals surface area contributed by atoms with Crippen molar-refractivity contribution in [2.45, 2.75) is 18.4 Å². The topological polar surface area (TPSA) is 32.3 Å². The first-order valence-electron chi connectivity index (χ1n) is 3.70. The Balaban J connectivity index is 2.01. The molecule has 0 aromatic heterocycles. The molecule has 1 amide bonds. The molecular formula is C7H12N2O. The molecule has 2 rings (SSSR count). The molecule has 3 heteroatoms. The molecule has 0 atom stereocenters. The van der Waals surface area contributed by atoms with Crippen LogP contribution < -0.4 is 5.32 Å². The molecular weight excluding hydrogens is 128 g/mol. The van der Waals surface area contributed by atoms with Gasteiger partial charge in [0.2, 0.25) is 5.91 Å². The van der Waals surface area contributed by atoms with Gasteiger partial charge < -0.3 is 10.2 Å². The minimum Gasteiger partial charge on any atom is -0.348 e. The third-order valence-corrected chi connectivity index (χ3v) is 2.38. The zero-order valence-electron chi connectivity index (χ0n) is 6.18. The van der Waals surface area contributed by atoms with E-state index in [0.29, 0.717) is 0 Å². The van der Waals surface area contributed by atoms with E-state index in [9.17, 15) is 4.79 Å². The van der Waals surface area contributed by atoms with Crippen LogP contribution in [0, 0.1) is 0 Å². The zero-order chi connectivity index (χ0) is 7.19. The lowest BCUT2D eigenvalue weighted by Crippen LogP contribution is -2.65. The van der Waals surface area contributed by atoms with Gasteiger partial charge in [-0.15, -0.1) is 0 Å². The highest BCUT2D eigenvalue weighted by Crippen LogP contribution is 2.28. The molecule has 2 heterocycles. The van der Waals surface area contributed by atoms with Crippen molar-refractivity contribution >= 4 is 5.91 Å². The van der Waals surface area contributed by atoms with Crippen molar-refractivity contribution in [3.8, 4) is 0 Å². The summed E-state index contributed by atoms with van der Waals surface area (Å²) in [4.78, 5) is 13.1. The van der Waals surface area contributed by atoms with E-state index in [0.717, 1.165) is 25.9 Å². The molecule has 3 nitrogen and oxygen atoms in total. The van der Waals surface area contributed by atoms with Crippen LogP contribution in [-0.2, 0) is 4.79 Å². The quantitative estimate of drug-likeness (QED) is 0.495. The predicted molar refractivity (Wildman–Crippen MR) is 37.6 cm³/mol. The lowest BCUT2D eigenvalue weighted by atomic mass is 9.89. The highest BCUT2D eigenvalue weighted by Gasteiger charge is 2.45. The molecule has 1 N–H and O–H groups in total. The summed E-state index contributed by atoms with van der Waals surface area (Å²) in [6, 6.07) is 0. The Hall–Kier alpha value is -0.570. The van der Waals surface area contributed by atoms with Crippen molar-refractivity contribution in [2.75, 3.05) is 20.1 Å². The summed E-state index contributed by atoms with van der Waals surface area (Å²) in [7, 11) is 2.08. The summed E-state index contributed by atoms with van der Waals surface area (Å²) in [5.74, 6) is 0.230. The Labute approximate surface area is 60.4 Å². The fourth-order valence-corrected chi connectivity index (χ4v) is 2.00. The third kappa shape index (κ3) is 0.736. The largest absolute Gasteiger partial charge is 0.348 e. The highest BCUT2D eigenvalue weighted by molar-refractivity contribution is 5.79. The molecule has 56 valence electrons. The minimum absolute atomic E-state index is 0.186. The van der Waals surface area contributed by atoms with Crippen LogP contribution in [0.2, 0.25) is 0 Å². The van der Waals surface area contributed by atoms with Gasteiger partial charge in [0.15, 0.2) is 0 Å². The van der Waals surface area contributed by atoms with Crippen LogP contribution in [0.3, 0.4) is 0 Å². The van der Waals surface area contributed by atoms with E-state index in [1.165, 1.54) is 0 Å². The number of nitrogens with zero attached hydrogens (tertiary/aromatic N) is 1. The highest BCUT2D eigenvalue weighted by atomic mass is 16.2. The van der Waals surface area contributed by atoms with Crippen molar-refractivity contribution in [1.82, 2.24) is 10.2 Å². The number of amides is 1. The van der Waals surface area contributed by atoms with E-state index in [4.69, 9.17) is 0 Å². The normalized spacial score (nSPS) is 30.3. The van der Waals surface area contributed by atoms with Gasteiger partial charge in [-0.25, -0.2) is 0 Å². The van der Waals surface area contributed by atoms with Crippen molar-refractivity contribution in [2.24, 2.45) is 0 Å². The molecule has 2 aliphatic heterocycles. The molecule has 1 spiro atoms. The van der Waals surface area contributed by atoms with Crippen LogP contribution in [0.4, 0.5) is 0 Å². The number of rotatable bonds is 0. The molecule has 10 heavy (non-hydrogen) atoms. The maximum atomic E-state index is 10.8. The molecule has 2 saturated heterocycles. The number of carbonyl (C=O) groups excluding carboxylic acids is 1. The SMILES string of the molecule is CN1CC2(CCC(=O)N2)C1. The zero-order valence-corrected chi connectivity index (χ0v) is 6.18. The third-order valence-electron chi connectivity index (χ3n) is 2.38. The van der Waals surface area contributed by atoms with Gasteiger partial charge in [-0.1, -0.05) is 0 Å². The molecule has 0 aromatic rings. The Morgan fingerprint density at radius 2 is 2.30 bits per heavy atom. The maximum absolute atomic E-state index is 10.8. The average molecular weight is 140 g/mol. The van der Waals surface area contributed by atoms with Crippen LogP contribution in [0.25, 0.3) is 0 Å². The van der Waals surface area contributed by atoms with Crippen LogP contribution in [-0.4, -0.2) is 36.5 Å². The summed E-state index contributed by atoms with van der Waals surface area (Å²) in [5.41, 5.74) is 0.186. The molecule has 0 saturated carbocycles. The summed E-state index contributed by atoms with van der Waals surface area (Å²) in [6.07, 6.45) is 1.77. The molecule has 0 aromatic carbocycles. The van der Waals surface area contributed by atoms with E-state index >= 15 is 0 Å². The van der Waals surface area contributed by atoms with Gasteiger partial charge in [0.1, 0.15) is 0 Å². The second kappa shape index (κ2) is 1.72. The molecule has 2 aliphatic rings. The standard InChI is InChI=1S/C7H12N2O/c1-9-4-7(5-9)3-2-6(10)8-7/h2-5H2,1H3,(H,8,10). The smallest absolute Gasteiger partial charge is 0.220 e. The first-order valence-corrected chi connectivity index (χ1v) is 3.70. The fourth-order valence-electron chi connectivity index (χ4n) is 2.00. The van der Waals surface area contributed by atoms with Crippen LogP contribution in [0.15, 0.2) is 0 Å². The summed E-state index contributed by atoms with van der Waals surface area (Å²) in [5, 5.41) is 3.02. The van der Waals surface area contributed by atoms with Crippen LogP contribution in [0.5, 0.6) is 0 Å². The van der Waals surface area contributed by atoms with Crippen LogP contribution in [0.1, 0.15) is 12.8 Å². The Morgan fingerprint density at radius 1 is 1.60 bits per heavy atom. The number of likely N-dealkylation sites (tertiary alicyclic amines) is 1. The summed E-state index contributed by atoms with van der Waals surface area (Å²) < 4.78 is 0. The molecule has 0 bridgehead atoms. The fraction of sp³-hybridized carbons (Fsp3) is 0.857. The second-order valence-electron chi connectivity index (χ2n) is 3.50. The van der Waals surface area contributed by atoms with E-state index in [-0.39, 0.29) is 11.4 Å². The molecule has 0 aliphatic carbocycles. The van der Waals surface area contributed by atoms with Gasteiger partial charge in [-0.2, -0.15) is 0 Å². The monoisotopic (exact) mass is 140 g/mol. The van der Waals surface area contributed by atoms with Gasteiger partial charge in [0.05, 0.1) is 5.54 Å². The summed E-state index contributed by atoms with van der Waals surface area (Å²) >= 11 is 0. The van der Waals surface area contributed by atoms with Crippen LogP contribution >= 0.6 is 0 Å². The van der Waals surface area contributed by atoms with E-state index < -0.39 is 0 Å². The first kappa shape index (κ1) is 6.16. The number of nitrogens with one attached hydrogen (secondary N) is 1. The number of likely N-dealkylation sites (N-methyl/N-ethyl adjacent to an activating group) is 1. The lowest BCUT2D eigenvalue weighted by Gasteiger charge is -2.45. The first-order chi connectivity index (χ1) is 4.70. The van der Waals surface area contributed by atoms with E-state index in [1.54, 1.807) is 0 Å². The molecule has 2 fully saturated rings. The van der Waals surface area contributed by atoms with E-state index in [1.807, 2.05) is 0 Å². The van der Waals surface area contributed by atoms with Gasteiger partial charge in [0.25, 0.3) is 0 Å². The van der Waals surface area contributed by atoms with Gasteiger partial charge >= 0.3 is 0 Å². The molecule has 0 unspecified atom stereocenters. The number of hydrogen-bond donors (Lipinski definition) is 1. The summed E-state index contributed by atoms with van der Waals surface area (Å²) in [6.45, 7) is 2.08. The Bertz CT molecular complexity index is 172. The predicted octanol–water partition coefficient (Wildman–Crippen LogP) is -0.419. The average Bonchev–Trinajstić information content (AvgIpc) is 2.10. The van der Waals surface area contributed by atoms with E-state index in [2.05, 4.69) is 17.3 Å². The second-order valence-corrected chi connectivity index (χ2v) is 3.50. The number of hydrogen-bond acceptors (Lipinski definition) is 2. The van der Waals surface area contributed by atoms with Crippen molar-refractivity contribution in [3.63, 3.8) is 0 Å². The van der Waals surface area contributed by atoms with Gasteiger partial charge in [-0.3, -0.25) is 4.79 Å². The van der Waals surface area contributed by atoms with Crippen molar-refractivity contribution in [3.05, 3.63) is 0 Å². The van der Waals surface area contributed by atoms with Crippen molar-refractivity contribution in [1.29, 1.82) is 0 Å². The van der Waals surface area contributed by atoms with Gasteiger partial charge in [0, 0.05) is 19.5 Å². The van der Waals surface area contributed by atoms with Crippen molar-refractivity contribution < 1.29 is 4.79 Å². The minimum atomic E-state index is 0.186. The van der Waals surface area contributed by atoms with Gasteiger partial charge in [-0.05, 0) is 13.5 Å². The maximum Gasteiger partial charge on any atom is 0.220 e. The molecule has 0 radical (unpaired) electrons.